The number of aromatic carboxylic acids is 4. The van der Waals surface area contributed by atoms with E-state index in [1.54, 1.807) is 0 Å². The van der Waals surface area contributed by atoms with E-state index in [9.17, 15) is 39.6 Å². The maximum Gasteiger partial charge on any atom is 4.00 e. The van der Waals surface area contributed by atoms with Gasteiger partial charge in [-0.2, -0.15) is 10.3 Å². The van der Waals surface area contributed by atoms with Crippen molar-refractivity contribution < 1.29 is 68.0 Å². The summed E-state index contributed by atoms with van der Waals surface area (Å²) in [6, 6.07) is 10.2. The van der Waals surface area contributed by atoms with Crippen molar-refractivity contribution in [2.24, 2.45) is 0 Å². The van der Waals surface area contributed by atoms with Crippen molar-refractivity contribution in [3.8, 4) is 22.8 Å². The van der Waals surface area contributed by atoms with Gasteiger partial charge < -0.3 is 59.4 Å². The molecule has 0 amide bonds. The summed E-state index contributed by atoms with van der Waals surface area (Å²) in [7, 11) is 0. The number of hydrogen-bond acceptors (Lipinski definition) is 14. The summed E-state index contributed by atoms with van der Waals surface area (Å²) in [5, 5.41) is 59.7. The van der Waals surface area contributed by atoms with Gasteiger partial charge in [-0.15, -0.1) is 0 Å². The number of carbonyl (C=O) groups is 4. The predicted molar refractivity (Wildman–Crippen MR) is 303 cm³/mol. The summed E-state index contributed by atoms with van der Waals surface area (Å²) in [5.74, 6) is -5.35. The van der Waals surface area contributed by atoms with Gasteiger partial charge >= 0.3 is 19.5 Å². The molecule has 0 unspecified atom stereocenters. The number of quaternary nitrogens is 2. The summed E-state index contributed by atoms with van der Waals surface area (Å²) in [5.41, 5.74) is 0.779. The molecule has 0 aliphatic heterocycles. The van der Waals surface area contributed by atoms with Crippen molar-refractivity contribution in [1.82, 2.24) is 19.9 Å². The van der Waals surface area contributed by atoms with E-state index < -0.39 is 23.9 Å². The number of carboxylic acids is 4. The zero-order valence-corrected chi connectivity index (χ0v) is 50.3. The van der Waals surface area contributed by atoms with Gasteiger partial charge in [0, 0.05) is 47.0 Å². The average molecular weight is 1190 g/mol. The van der Waals surface area contributed by atoms with E-state index >= 15 is 0 Å². The van der Waals surface area contributed by atoms with Gasteiger partial charge in [0.1, 0.15) is 0 Å². The van der Waals surface area contributed by atoms with Crippen LogP contribution in [0, 0.1) is 0 Å². The Morgan fingerprint density at radius 3 is 0.649 bits per heavy atom. The van der Waals surface area contributed by atoms with Crippen LogP contribution in [0.25, 0.3) is 33.6 Å². The van der Waals surface area contributed by atoms with Crippen molar-refractivity contribution in [1.29, 1.82) is 0 Å². The minimum absolute atomic E-state index is 0. The summed E-state index contributed by atoms with van der Waals surface area (Å²) in [4.78, 5) is 58.5. The molecule has 0 aliphatic carbocycles. The monoisotopic (exact) mass is 1190 g/mol. The standard InChI is InChI=1S/2C16H36N.2C12H8N2O4.2CNS.Ru/c2*1-5-9-13-17(14-10-6-2,15-11-7-3)16-12-8-4;2*15-11(16)7-1-3-13-9(5-7)10-6-8(12(17)18)2-4-14-10;2*2-1-3;/h2*5-16H2,1-4H3;2*1-6H,(H,15,16)(H,17,18);;;/q2*+1;;;2*-1;+4/p-4. The summed E-state index contributed by atoms with van der Waals surface area (Å²) >= 11 is 7.40. The minimum Gasteiger partial charge on any atom is -0.753 e. The van der Waals surface area contributed by atoms with Gasteiger partial charge in [-0.25, -0.2) is 0 Å². The number of nitrogens with zero attached hydrogens (tertiary/aromatic N) is 8. The van der Waals surface area contributed by atoms with Crippen LogP contribution in [0.1, 0.15) is 200 Å². The third kappa shape index (κ3) is 34.2. The Balaban J connectivity index is -0.000000911. The Labute approximate surface area is 483 Å². The van der Waals surface area contributed by atoms with E-state index in [2.05, 4.69) is 99.8 Å². The summed E-state index contributed by atoms with van der Waals surface area (Å²) in [6.45, 7) is 30.0. The van der Waals surface area contributed by atoms with Crippen molar-refractivity contribution in [2.45, 2.75) is 158 Å². The molecule has 0 N–H and O–H groups in total. The van der Waals surface area contributed by atoms with Crippen molar-refractivity contribution in [2.75, 3.05) is 52.4 Å². The molecule has 4 aromatic rings. The van der Waals surface area contributed by atoms with Gasteiger partial charge in [0.2, 0.25) is 0 Å². The minimum atomic E-state index is -1.34. The van der Waals surface area contributed by atoms with Crippen molar-refractivity contribution in [3.05, 3.63) is 106 Å². The zero-order chi connectivity index (χ0) is 57.6. The number of carbonyl (C=O) groups excluding carboxylic acids is 4. The third-order valence-electron chi connectivity index (χ3n) is 12.4. The molecule has 77 heavy (non-hydrogen) atoms. The molecule has 0 atom stereocenters. The molecule has 424 valence electrons. The molecule has 0 spiro atoms. The van der Waals surface area contributed by atoms with Crippen LogP contribution in [0.5, 0.6) is 0 Å². The van der Waals surface area contributed by atoms with Gasteiger partial charge in [0.25, 0.3) is 0 Å². The zero-order valence-electron chi connectivity index (χ0n) is 46.9. The molecular formula is C58H84N8O8RuS2. The number of carboxylic acid groups (broad SMARTS) is 4. The van der Waals surface area contributed by atoms with Crippen molar-refractivity contribution >= 4 is 58.6 Å². The van der Waals surface area contributed by atoms with Crippen LogP contribution in [0.2, 0.25) is 0 Å². The normalized spacial score (nSPS) is 10.2. The predicted octanol–water partition coefficient (Wildman–Crippen LogP) is 9.06. The molecule has 4 aromatic heterocycles. The van der Waals surface area contributed by atoms with Crippen LogP contribution >= 0.6 is 24.4 Å². The van der Waals surface area contributed by atoms with Crippen LogP contribution in [-0.2, 0) is 19.5 Å². The SMILES string of the molecule is CCCC[N+](CCCC)(CCCC)CCCC.CCCC[N+](CCCC)(CCCC)CCCC.O=C([O-])c1ccnc(-c2cc(C(=O)[O-])ccn2)c1.O=C([O-])c1ccnc(-c2cc(C(=O)[O-])ccn2)c1.[N-]=C=S.[N-]=C=S.[Ru+4]. The molecule has 0 aliphatic rings. The number of pyridine rings is 4. The van der Waals surface area contributed by atoms with Crippen LogP contribution in [0.4, 0.5) is 0 Å². The maximum atomic E-state index is 10.7. The van der Waals surface area contributed by atoms with Crippen molar-refractivity contribution in [3.63, 3.8) is 0 Å². The number of isothiocyanates is 2. The Kier molecular flexibility index (Phi) is 47.1. The molecular weight excluding hydrogens is 1100 g/mol. The quantitative estimate of drug-likeness (QED) is 0.0204. The van der Waals surface area contributed by atoms with E-state index in [0.717, 1.165) is 0 Å². The van der Waals surface area contributed by atoms with E-state index in [0.29, 0.717) is 0 Å². The van der Waals surface area contributed by atoms with E-state index in [1.165, 1.54) is 248 Å². The number of aromatic nitrogens is 4. The number of thiocarbonyl (C=S) groups is 2. The Morgan fingerprint density at radius 2 is 0.532 bits per heavy atom. The molecule has 0 aromatic carbocycles. The number of rotatable bonds is 30. The second-order valence-corrected chi connectivity index (χ2v) is 18.7. The van der Waals surface area contributed by atoms with Gasteiger partial charge in [-0.1, -0.05) is 131 Å². The van der Waals surface area contributed by atoms with Crippen LogP contribution < -0.4 is 20.4 Å². The average Bonchev–Trinajstić information content (AvgIpc) is 3.43. The molecule has 0 saturated carbocycles. The smallest absolute Gasteiger partial charge is 0.753 e. The molecule has 16 nitrogen and oxygen atoms in total. The van der Waals surface area contributed by atoms with E-state index in [1.807, 2.05) is 0 Å². The Hall–Kier alpha value is -5.38. The molecule has 19 heteroatoms. The Bertz CT molecular complexity index is 1970. The first-order valence-corrected chi connectivity index (χ1v) is 27.7. The molecule has 0 saturated heterocycles. The third-order valence-corrected chi connectivity index (χ3v) is 12.4. The molecule has 0 radical (unpaired) electrons. The molecule has 4 heterocycles. The number of hydrogen-bond donors (Lipinski definition) is 0. The van der Waals surface area contributed by atoms with Gasteiger partial charge in [0.05, 0.1) is 99.0 Å². The largest absolute Gasteiger partial charge is 4.00 e. The Morgan fingerprint density at radius 1 is 0.390 bits per heavy atom. The topological polar surface area (TPSA) is 257 Å². The first-order valence-electron chi connectivity index (χ1n) is 26.9. The van der Waals surface area contributed by atoms with Gasteiger partial charge in [-0.3, -0.25) is 19.9 Å². The van der Waals surface area contributed by atoms with Crippen LogP contribution in [0.15, 0.2) is 73.3 Å². The first-order chi connectivity index (χ1) is 36.5. The maximum absolute atomic E-state index is 10.7. The fourth-order valence-corrected chi connectivity index (χ4v) is 8.08. The molecule has 4 rings (SSSR count). The second-order valence-electron chi connectivity index (χ2n) is 18.4. The fraction of sp³-hybridized carbons (Fsp3) is 0.552. The van der Waals surface area contributed by atoms with E-state index in [-0.39, 0.29) is 64.5 Å². The summed E-state index contributed by atoms with van der Waals surface area (Å²) in [6.07, 6.45) is 27.3. The second kappa shape index (κ2) is 47.8. The fourth-order valence-electron chi connectivity index (χ4n) is 8.08. The summed E-state index contributed by atoms with van der Waals surface area (Å²) < 4.78 is 2.84. The molecule has 0 bridgehead atoms. The van der Waals surface area contributed by atoms with E-state index in [4.69, 9.17) is 10.8 Å². The molecule has 0 fully saturated rings. The van der Waals surface area contributed by atoms with Crippen LogP contribution in [0.3, 0.4) is 0 Å². The van der Waals surface area contributed by atoms with Gasteiger partial charge in [0.15, 0.2) is 0 Å². The van der Waals surface area contributed by atoms with Gasteiger partial charge in [-0.05, 0) is 99.9 Å². The first kappa shape index (κ1) is 75.9. The number of unbranched alkanes of at least 4 members (excludes halogenated alkanes) is 8. The van der Waals surface area contributed by atoms with Crippen LogP contribution in [-0.4, -0.2) is 115 Å².